The highest BCUT2D eigenvalue weighted by Gasteiger charge is 2.17. The van der Waals surface area contributed by atoms with Crippen molar-refractivity contribution in [3.05, 3.63) is 124 Å². The van der Waals surface area contributed by atoms with E-state index in [9.17, 15) is 14.9 Å². The molecular weight excluding hydrogens is 494 g/mol. The third-order valence-corrected chi connectivity index (χ3v) is 6.25. The van der Waals surface area contributed by atoms with Gasteiger partial charge in [0.25, 0.3) is 5.69 Å². The second-order valence-electron chi connectivity index (χ2n) is 8.83. The lowest BCUT2D eigenvalue weighted by Crippen LogP contribution is -2.01. The minimum absolute atomic E-state index is 0.0405. The third-order valence-electron chi connectivity index (χ3n) is 6.25. The fourth-order valence-corrected chi connectivity index (χ4v) is 4.35. The molecule has 2 N–H and O–H groups in total. The van der Waals surface area contributed by atoms with Gasteiger partial charge in [-0.3, -0.25) is 10.1 Å². The topological polar surface area (TPSA) is 106 Å². The van der Waals surface area contributed by atoms with Crippen molar-refractivity contribution in [1.82, 2.24) is 4.98 Å². The lowest BCUT2D eigenvalue weighted by Gasteiger charge is -2.15. The molecule has 1 heterocycles. The minimum Gasteiger partial charge on any atom is -0.464 e. The lowest BCUT2D eigenvalue weighted by atomic mass is 10.0. The van der Waals surface area contributed by atoms with Gasteiger partial charge in [0.1, 0.15) is 22.9 Å². The van der Waals surface area contributed by atoms with Gasteiger partial charge in [-0.2, -0.15) is 0 Å². The van der Waals surface area contributed by atoms with Gasteiger partial charge in [0.2, 0.25) is 0 Å². The number of methoxy groups -OCH3 is 1. The highest BCUT2D eigenvalue weighted by Crippen LogP contribution is 2.38. The van der Waals surface area contributed by atoms with Crippen molar-refractivity contribution in [2.24, 2.45) is 0 Å². The molecule has 1 aromatic heterocycles. The fourth-order valence-electron chi connectivity index (χ4n) is 4.35. The molecule has 0 amide bonds. The molecule has 0 atom stereocenters. The summed E-state index contributed by atoms with van der Waals surface area (Å²) in [5.74, 6) is 0.686. The molecule has 8 heteroatoms. The first-order valence-electron chi connectivity index (χ1n) is 12.2. The predicted molar refractivity (Wildman–Crippen MR) is 151 cm³/mol. The average Bonchev–Trinajstić information content (AvgIpc) is 3.44. The van der Waals surface area contributed by atoms with E-state index in [1.165, 1.54) is 13.2 Å². The van der Waals surface area contributed by atoms with Gasteiger partial charge >= 0.3 is 5.97 Å². The summed E-state index contributed by atoms with van der Waals surface area (Å²) in [6.45, 7) is 2.03. The Morgan fingerprint density at radius 2 is 1.64 bits per heavy atom. The Kier molecular flexibility index (Phi) is 7.09. The highest BCUT2D eigenvalue weighted by atomic mass is 16.6. The van der Waals surface area contributed by atoms with E-state index >= 15 is 0 Å². The molecule has 39 heavy (non-hydrogen) atoms. The van der Waals surface area contributed by atoms with Gasteiger partial charge in [-0.1, -0.05) is 48.5 Å². The SMILES string of the molecule is COC(=O)c1ccc(-c2cc(Nc3ccccc3[N+](=O)[O-])ccc2Oc2ccc(-c3ccccc3)c(C)c2)[nH]1. The van der Waals surface area contributed by atoms with Crippen molar-refractivity contribution >= 4 is 23.0 Å². The first-order chi connectivity index (χ1) is 18.9. The Hall–Kier alpha value is -5.37. The standard InChI is InChI=1S/C31H25N3O5/c1-20-18-23(13-14-24(20)21-8-4-3-5-9-21)39-30-17-12-22(32-27-10-6-7-11-29(27)34(36)37)19-25(30)26-15-16-28(33-26)31(35)38-2/h3-19,32-33H,1-2H3. The van der Waals surface area contributed by atoms with Crippen LogP contribution in [0.4, 0.5) is 17.1 Å². The van der Waals surface area contributed by atoms with Gasteiger partial charge in [-0.15, -0.1) is 0 Å². The summed E-state index contributed by atoms with van der Waals surface area (Å²) >= 11 is 0. The van der Waals surface area contributed by atoms with Crippen LogP contribution in [-0.4, -0.2) is 23.0 Å². The second kappa shape index (κ2) is 10.9. The first-order valence-corrected chi connectivity index (χ1v) is 12.2. The van der Waals surface area contributed by atoms with Crippen LogP contribution in [-0.2, 0) is 4.74 Å². The van der Waals surface area contributed by atoms with Gasteiger partial charge in [-0.25, -0.2) is 4.79 Å². The molecule has 0 radical (unpaired) electrons. The Bertz CT molecular complexity index is 1660. The molecule has 0 saturated heterocycles. The largest absolute Gasteiger partial charge is 0.464 e. The molecule has 0 aliphatic rings. The summed E-state index contributed by atoms with van der Waals surface area (Å²) in [5.41, 5.74) is 5.77. The zero-order valence-corrected chi connectivity index (χ0v) is 21.3. The number of aromatic nitrogens is 1. The van der Waals surface area contributed by atoms with E-state index in [4.69, 9.17) is 9.47 Å². The van der Waals surface area contributed by atoms with E-state index < -0.39 is 10.9 Å². The summed E-state index contributed by atoms with van der Waals surface area (Å²) in [4.78, 5) is 26.2. The number of nitro groups is 1. The number of hydrogen-bond acceptors (Lipinski definition) is 6. The number of nitro benzene ring substituents is 1. The summed E-state index contributed by atoms with van der Waals surface area (Å²) in [7, 11) is 1.32. The van der Waals surface area contributed by atoms with Gasteiger partial charge in [0, 0.05) is 23.0 Å². The Morgan fingerprint density at radius 3 is 2.38 bits per heavy atom. The monoisotopic (exact) mass is 519 g/mol. The second-order valence-corrected chi connectivity index (χ2v) is 8.83. The van der Waals surface area contributed by atoms with E-state index in [1.807, 2.05) is 49.4 Å². The molecule has 0 unspecified atom stereocenters. The van der Waals surface area contributed by atoms with Crippen molar-refractivity contribution in [3.8, 4) is 33.9 Å². The summed E-state index contributed by atoms with van der Waals surface area (Å²) in [5, 5.41) is 14.6. The van der Waals surface area contributed by atoms with Gasteiger partial charge < -0.3 is 19.8 Å². The summed E-state index contributed by atoms with van der Waals surface area (Å²) in [6.07, 6.45) is 0. The van der Waals surface area contributed by atoms with Crippen LogP contribution in [0.5, 0.6) is 11.5 Å². The highest BCUT2D eigenvalue weighted by molar-refractivity contribution is 5.89. The van der Waals surface area contributed by atoms with Crippen molar-refractivity contribution in [1.29, 1.82) is 0 Å². The van der Waals surface area contributed by atoms with Crippen LogP contribution in [0.1, 0.15) is 16.1 Å². The van der Waals surface area contributed by atoms with E-state index in [0.29, 0.717) is 39.8 Å². The van der Waals surface area contributed by atoms with E-state index in [0.717, 1.165) is 16.7 Å². The number of ether oxygens (including phenoxy) is 2. The molecule has 0 aliphatic heterocycles. The van der Waals surface area contributed by atoms with Crippen molar-refractivity contribution in [3.63, 3.8) is 0 Å². The molecule has 5 aromatic rings. The normalized spacial score (nSPS) is 10.6. The number of hydrogen-bond donors (Lipinski definition) is 2. The zero-order valence-electron chi connectivity index (χ0n) is 21.3. The lowest BCUT2D eigenvalue weighted by molar-refractivity contribution is -0.383. The fraction of sp³-hybridized carbons (Fsp3) is 0.0645. The number of nitrogens with zero attached hydrogens (tertiary/aromatic N) is 1. The number of H-pyrrole nitrogens is 1. The van der Waals surface area contributed by atoms with Crippen molar-refractivity contribution in [2.45, 2.75) is 6.92 Å². The number of rotatable bonds is 8. The molecule has 4 aromatic carbocycles. The van der Waals surface area contributed by atoms with E-state index in [2.05, 4.69) is 22.4 Å². The zero-order chi connectivity index (χ0) is 27.4. The van der Waals surface area contributed by atoms with Crippen LogP contribution in [0.15, 0.2) is 103 Å². The third kappa shape index (κ3) is 5.50. The van der Waals surface area contributed by atoms with Gasteiger partial charge in [0.15, 0.2) is 0 Å². The maximum Gasteiger partial charge on any atom is 0.354 e. The van der Waals surface area contributed by atoms with Crippen LogP contribution < -0.4 is 10.1 Å². The van der Waals surface area contributed by atoms with Crippen molar-refractivity contribution < 1.29 is 19.2 Å². The Balaban J connectivity index is 1.52. The van der Waals surface area contributed by atoms with Crippen LogP contribution in [0, 0.1) is 17.0 Å². The Morgan fingerprint density at radius 1 is 0.872 bits per heavy atom. The molecule has 8 nitrogen and oxygen atoms in total. The molecule has 0 fully saturated rings. The number of carbonyl (C=O) groups excluding carboxylic acids is 1. The van der Waals surface area contributed by atoms with Gasteiger partial charge in [-0.05, 0) is 72.1 Å². The minimum atomic E-state index is -0.495. The number of benzene rings is 4. The average molecular weight is 520 g/mol. The molecule has 0 spiro atoms. The van der Waals surface area contributed by atoms with Crippen molar-refractivity contribution in [2.75, 3.05) is 12.4 Å². The quantitative estimate of drug-likeness (QED) is 0.123. The van der Waals surface area contributed by atoms with Crippen LogP contribution in [0.25, 0.3) is 22.4 Å². The predicted octanol–water partition coefficient (Wildman–Crippen LogP) is 7.89. The maximum atomic E-state index is 12.1. The number of carbonyl (C=O) groups is 1. The van der Waals surface area contributed by atoms with E-state index in [-0.39, 0.29) is 5.69 Å². The van der Waals surface area contributed by atoms with E-state index in [1.54, 1.807) is 42.5 Å². The number of aromatic amines is 1. The smallest absolute Gasteiger partial charge is 0.354 e. The summed E-state index contributed by atoms with van der Waals surface area (Å²) < 4.78 is 11.2. The summed E-state index contributed by atoms with van der Waals surface area (Å²) in [6, 6.07) is 31.2. The molecule has 5 rings (SSSR count). The number of para-hydroxylation sites is 2. The number of esters is 1. The molecular formula is C31H25N3O5. The van der Waals surface area contributed by atoms with Gasteiger partial charge in [0.05, 0.1) is 12.0 Å². The number of aryl methyl sites for hydroxylation is 1. The first kappa shape index (κ1) is 25.3. The van der Waals surface area contributed by atoms with Crippen LogP contribution >= 0.6 is 0 Å². The molecule has 194 valence electrons. The number of nitrogens with one attached hydrogen (secondary N) is 2. The van der Waals surface area contributed by atoms with Crippen LogP contribution in [0.3, 0.4) is 0 Å². The molecule has 0 saturated carbocycles. The molecule has 0 bridgehead atoms. The maximum absolute atomic E-state index is 12.1. The Labute approximate surface area is 225 Å². The van der Waals surface area contributed by atoms with Crippen LogP contribution in [0.2, 0.25) is 0 Å². The molecule has 0 aliphatic carbocycles. The number of anilines is 2.